The highest BCUT2D eigenvalue weighted by Crippen LogP contribution is 2.29. The van der Waals surface area contributed by atoms with Crippen molar-refractivity contribution in [2.75, 3.05) is 32.8 Å². The smallest absolute Gasteiger partial charge is 0.409 e. The monoisotopic (exact) mass is 386 g/mol. The van der Waals surface area contributed by atoms with Crippen molar-refractivity contribution in [2.24, 2.45) is 0 Å². The number of amides is 1. The number of nitrogens with zero attached hydrogens (tertiary/aromatic N) is 4. The highest BCUT2D eigenvalue weighted by atomic mass is 16.6. The lowest BCUT2D eigenvalue weighted by Crippen LogP contribution is -2.42. The van der Waals surface area contributed by atoms with Gasteiger partial charge >= 0.3 is 6.09 Å². The van der Waals surface area contributed by atoms with E-state index in [1.165, 1.54) is 4.57 Å². The van der Waals surface area contributed by atoms with Gasteiger partial charge in [0.05, 0.1) is 12.7 Å². The van der Waals surface area contributed by atoms with E-state index in [0.29, 0.717) is 12.6 Å². The Morgan fingerprint density at radius 1 is 1.21 bits per heavy atom. The number of hydrogen-bond donors (Lipinski definition) is 0. The molecule has 0 N–H and O–H groups in total. The molecule has 0 radical (unpaired) electrons. The molecule has 2 aliphatic rings. The van der Waals surface area contributed by atoms with E-state index in [1.54, 1.807) is 6.20 Å². The molecule has 1 unspecified atom stereocenters. The van der Waals surface area contributed by atoms with Gasteiger partial charge in [-0.1, -0.05) is 6.07 Å². The SMILES string of the molecule is CCOC(=O)N1CCCC(N2CCC(c3cccn(CC#N)c3=O)CC2)CC1. The summed E-state index contributed by atoms with van der Waals surface area (Å²) < 4.78 is 6.64. The molecule has 152 valence electrons. The van der Waals surface area contributed by atoms with Crippen LogP contribution in [-0.2, 0) is 11.3 Å². The van der Waals surface area contributed by atoms with Gasteiger partial charge in [-0.25, -0.2) is 4.79 Å². The lowest BCUT2D eigenvalue weighted by molar-refractivity contribution is 0.105. The molecule has 0 spiro atoms. The lowest BCUT2D eigenvalue weighted by Gasteiger charge is -2.37. The molecule has 7 heteroatoms. The van der Waals surface area contributed by atoms with Gasteiger partial charge in [-0.3, -0.25) is 4.79 Å². The van der Waals surface area contributed by atoms with Crippen molar-refractivity contribution in [3.63, 3.8) is 0 Å². The highest BCUT2D eigenvalue weighted by molar-refractivity contribution is 5.67. The van der Waals surface area contributed by atoms with Crippen LogP contribution >= 0.6 is 0 Å². The zero-order chi connectivity index (χ0) is 19.9. The number of nitriles is 1. The van der Waals surface area contributed by atoms with Crippen molar-refractivity contribution < 1.29 is 9.53 Å². The Balaban J connectivity index is 1.56. The van der Waals surface area contributed by atoms with Gasteiger partial charge in [0.15, 0.2) is 0 Å². The van der Waals surface area contributed by atoms with Crippen LogP contribution in [0.3, 0.4) is 0 Å². The molecule has 1 aromatic heterocycles. The summed E-state index contributed by atoms with van der Waals surface area (Å²) in [5.74, 6) is 0.261. The van der Waals surface area contributed by atoms with Crippen molar-refractivity contribution in [2.45, 2.75) is 57.5 Å². The number of rotatable bonds is 4. The minimum atomic E-state index is -0.195. The standard InChI is InChI=1S/C21H30N4O3/c1-2-28-21(27)25-12-3-5-18(9-15-25)23-13-7-17(8-14-23)19-6-4-11-24(16-10-22)20(19)26/h4,6,11,17-18H,2-3,5,7-9,12-16H2,1H3. The Hall–Kier alpha value is -2.33. The molecule has 3 rings (SSSR count). The number of likely N-dealkylation sites (tertiary alicyclic amines) is 2. The van der Waals surface area contributed by atoms with Crippen molar-refractivity contribution in [1.82, 2.24) is 14.4 Å². The third kappa shape index (κ3) is 4.74. The average Bonchev–Trinajstić information content (AvgIpc) is 2.97. The molecule has 0 aliphatic carbocycles. The second kappa shape index (κ2) is 9.74. The molecular weight excluding hydrogens is 356 g/mol. The first kappa shape index (κ1) is 20.4. The van der Waals surface area contributed by atoms with Crippen molar-refractivity contribution in [1.29, 1.82) is 5.26 Å². The molecular formula is C21H30N4O3. The fraction of sp³-hybridized carbons (Fsp3) is 0.667. The second-order valence-electron chi connectivity index (χ2n) is 7.64. The van der Waals surface area contributed by atoms with Gasteiger partial charge < -0.3 is 19.1 Å². The zero-order valence-electron chi connectivity index (χ0n) is 16.7. The fourth-order valence-corrected chi connectivity index (χ4v) is 4.48. The molecule has 3 heterocycles. The van der Waals surface area contributed by atoms with E-state index in [1.807, 2.05) is 30.0 Å². The first-order valence-corrected chi connectivity index (χ1v) is 10.4. The second-order valence-corrected chi connectivity index (χ2v) is 7.64. The van der Waals surface area contributed by atoms with Crippen LogP contribution in [0.25, 0.3) is 0 Å². The van der Waals surface area contributed by atoms with Gasteiger partial charge in [-0.05, 0) is 64.1 Å². The van der Waals surface area contributed by atoms with E-state index >= 15 is 0 Å². The number of aromatic nitrogens is 1. The maximum atomic E-state index is 12.6. The van der Waals surface area contributed by atoms with Crippen LogP contribution in [0.5, 0.6) is 0 Å². The van der Waals surface area contributed by atoms with Gasteiger partial charge in [0.2, 0.25) is 0 Å². The molecule has 1 aromatic rings. The summed E-state index contributed by atoms with van der Waals surface area (Å²) >= 11 is 0. The van der Waals surface area contributed by atoms with Gasteiger partial charge in [0.1, 0.15) is 6.54 Å². The molecule has 2 aliphatic heterocycles. The van der Waals surface area contributed by atoms with Crippen LogP contribution in [0.2, 0.25) is 0 Å². The molecule has 0 bridgehead atoms. The Labute approximate surface area is 166 Å². The maximum Gasteiger partial charge on any atom is 0.409 e. The number of hydrogen-bond acceptors (Lipinski definition) is 5. The van der Waals surface area contributed by atoms with E-state index in [9.17, 15) is 9.59 Å². The predicted molar refractivity (Wildman–Crippen MR) is 106 cm³/mol. The van der Waals surface area contributed by atoms with E-state index in [-0.39, 0.29) is 24.1 Å². The maximum absolute atomic E-state index is 12.6. The number of pyridine rings is 1. The van der Waals surface area contributed by atoms with Gasteiger partial charge in [-0.2, -0.15) is 5.26 Å². The molecule has 2 saturated heterocycles. The number of ether oxygens (including phenoxy) is 1. The lowest BCUT2D eigenvalue weighted by atomic mass is 9.89. The Kier molecular flexibility index (Phi) is 7.10. The predicted octanol–water partition coefficient (Wildman–Crippen LogP) is 2.56. The van der Waals surface area contributed by atoms with Gasteiger partial charge in [-0.15, -0.1) is 0 Å². The summed E-state index contributed by atoms with van der Waals surface area (Å²) in [5.41, 5.74) is 0.814. The quantitative estimate of drug-likeness (QED) is 0.795. The molecule has 0 saturated carbocycles. The molecule has 28 heavy (non-hydrogen) atoms. The first-order chi connectivity index (χ1) is 13.6. The van der Waals surface area contributed by atoms with Crippen LogP contribution in [0.1, 0.15) is 50.5 Å². The Morgan fingerprint density at radius 3 is 2.71 bits per heavy atom. The number of carbonyl (C=O) groups is 1. The Morgan fingerprint density at radius 2 is 2.00 bits per heavy atom. The summed E-state index contributed by atoms with van der Waals surface area (Å²) in [5, 5.41) is 8.88. The number of piperidine rings is 1. The average molecular weight is 386 g/mol. The van der Waals surface area contributed by atoms with Crippen molar-refractivity contribution in [3.05, 3.63) is 34.2 Å². The molecule has 1 atom stereocenters. The summed E-state index contributed by atoms with van der Waals surface area (Å²) in [7, 11) is 0. The largest absolute Gasteiger partial charge is 0.450 e. The van der Waals surface area contributed by atoms with Crippen LogP contribution in [0.4, 0.5) is 4.79 Å². The van der Waals surface area contributed by atoms with Crippen LogP contribution in [-0.4, -0.2) is 59.3 Å². The zero-order valence-corrected chi connectivity index (χ0v) is 16.7. The molecule has 1 amide bonds. The van der Waals surface area contributed by atoms with Crippen LogP contribution in [0, 0.1) is 11.3 Å². The van der Waals surface area contributed by atoms with Gasteiger partial charge in [0.25, 0.3) is 5.56 Å². The minimum absolute atomic E-state index is 0.0259. The Bertz CT molecular complexity index is 762. The topological polar surface area (TPSA) is 78.6 Å². The third-order valence-electron chi connectivity index (χ3n) is 6.00. The number of carbonyl (C=O) groups excluding carboxylic acids is 1. The van der Waals surface area contributed by atoms with E-state index in [0.717, 1.165) is 63.8 Å². The molecule has 2 fully saturated rings. The van der Waals surface area contributed by atoms with E-state index in [2.05, 4.69) is 4.90 Å². The van der Waals surface area contributed by atoms with E-state index < -0.39 is 0 Å². The summed E-state index contributed by atoms with van der Waals surface area (Å²) in [6, 6.07) is 6.33. The normalized spacial score (nSPS) is 21.7. The third-order valence-corrected chi connectivity index (χ3v) is 6.00. The highest BCUT2D eigenvalue weighted by Gasteiger charge is 2.29. The fourth-order valence-electron chi connectivity index (χ4n) is 4.48. The van der Waals surface area contributed by atoms with E-state index in [4.69, 9.17) is 10.00 Å². The van der Waals surface area contributed by atoms with Crippen LogP contribution in [0.15, 0.2) is 23.1 Å². The summed E-state index contributed by atoms with van der Waals surface area (Å²) in [6.07, 6.45) is 6.49. The minimum Gasteiger partial charge on any atom is -0.450 e. The summed E-state index contributed by atoms with van der Waals surface area (Å²) in [6.45, 7) is 5.83. The van der Waals surface area contributed by atoms with Crippen molar-refractivity contribution in [3.8, 4) is 6.07 Å². The van der Waals surface area contributed by atoms with Crippen LogP contribution < -0.4 is 5.56 Å². The summed E-state index contributed by atoms with van der Waals surface area (Å²) in [4.78, 5) is 28.9. The van der Waals surface area contributed by atoms with Gasteiger partial charge in [0, 0.05) is 30.9 Å². The van der Waals surface area contributed by atoms with Crippen molar-refractivity contribution >= 4 is 6.09 Å². The molecule has 7 nitrogen and oxygen atoms in total. The molecule has 0 aromatic carbocycles. The first-order valence-electron chi connectivity index (χ1n) is 10.4.